The molecule has 2 aromatic carbocycles. The first-order valence-electron chi connectivity index (χ1n) is 12.0. The summed E-state index contributed by atoms with van der Waals surface area (Å²) in [4.78, 5) is 28.4. The van der Waals surface area contributed by atoms with Crippen LogP contribution in [0.2, 0.25) is 0 Å². The fraction of sp³-hybridized carbons (Fsp3) is 0.370. The topological polar surface area (TPSA) is 67.8 Å². The van der Waals surface area contributed by atoms with Crippen LogP contribution in [0.4, 0.5) is 5.82 Å². The number of amides is 1. The highest BCUT2D eigenvalue weighted by molar-refractivity contribution is 8.00. The zero-order valence-corrected chi connectivity index (χ0v) is 20.8. The summed E-state index contributed by atoms with van der Waals surface area (Å²) in [7, 11) is 1.69. The Kier molecular flexibility index (Phi) is 7.49. The molecule has 1 fully saturated rings. The van der Waals surface area contributed by atoms with Crippen molar-refractivity contribution in [1.82, 2.24) is 14.9 Å². The Hall–Kier alpha value is -3.10. The largest absolute Gasteiger partial charge is 0.496 e. The second kappa shape index (κ2) is 11.1. The molecule has 182 valence electrons. The molecular weight excluding hydrogens is 460 g/mol. The lowest BCUT2D eigenvalue weighted by atomic mass is 10.0. The predicted molar refractivity (Wildman–Crippen MR) is 137 cm³/mol. The lowest BCUT2D eigenvalue weighted by molar-refractivity contribution is -0.129. The summed E-state index contributed by atoms with van der Waals surface area (Å²) >= 11 is 1.58. The summed E-state index contributed by atoms with van der Waals surface area (Å²) in [6, 6.07) is 18.1. The Morgan fingerprint density at radius 2 is 1.80 bits per heavy atom. The van der Waals surface area contributed by atoms with Gasteiger partial charge in [0, 0.05) is 48.5 Å². The quantitative estimate of drug-likeness (QED) is 0.469. The molecule has 0 aliphatic carbocycles. The molecule has 1 aromatic heterocycles. The van der Waals surface area contributed by atoms with Crippen LogP contribution in [-0.2, 0) is 28.9 Å². The smallest absolute Gasteiger partial charge is 0.233 e. The van der Waals surface area contributed by atoms with Crippen LogP contribution in [0.1, 0.15) is 22.6 Å². The van der Waals surface area contributed by atoms with E-state index in [1.165, 1.54) is 0 Å². The lowest BCUT2D eigenvalue weighted by Crippen LogP contribution is -2.41. The van der Waals surface area contributed by atoms with E-state index < -0.39 is 0 Å². The van der Waals surface area contributed by atoms with Gasteiger partial charge in [-0.15, -0.1) is 11.8 Å². The van der Waals surface area contributed by atoms with Crippen LogP contribution in [0.15, 0.2) is 59.5 Å². The number of hydrogen-bond acceptors (Lipinski definition) is 7. The van der Waals surface area contributed by atoms with Crippen molar-refractivity contribution in [2.45, 2.75) is 24.3 Å². The molecule has 2 aliphatic heterocycles. The van der Waals surface area contributed by atoms with E-state index in [0.29, 0.717) is 38.5 Å². The minimum atomic E-state index is 0.149. The maximum atomic E-state index is 13.1. The summed E-state index contributed by atoms with van der Waals surface area (Å²) in [6.45, 7) is 4.15. The average molecular weight is 491 g/mol. The first-order chi connectivity index (χ1) is 17.2. The fourth-order valence-corrected chi connectivity index (χ4v) is 5.37. The van der Waals surface area contributed by atoms with E-state index in [1.54, 1.807) is 18.9 Å². The number of benzene rings is 2. The number of carbonyl (C=O) groups excluding carboxylic acids is 1. The Balaban J connectivity index is 1.39. The minimum absolute atomic E-state index is 0.149. The average Bonchev–Trinajstić information content (AvgIpc) is 2.92. The Morgan fingerprint density at radius 1 is 1.03 bits per heavy atom. The van der Waals surface area contributed by atoms with Crippen LogP contribution in [0.25, 0.3) is 0 Å². The number of fused-ring (bicyclic) bond motifs is 1. The molecule has 7 nitrogen and oxygen atoms in total. The second-order valence-corrected chi connectivity index (χ2v) is 9.69. The van der Waals surface area contributed by atoms with Gasteiger partial charge < -0.3 is 19.3 Å². The Labute approximate surface area is 210 Å². The Morgan fingerprint density at radius 3 is 2.60 bits per heavy atom. The third kappa shape index (κ3) is 5.60. The number of hydrogen-bond donors (Lipinski definition) is 0. The predicted octanol–water partition coefficient (Wildman–Crippen LogP) is 3.59. The van der Waals surface area contributed by atoms with E-state index in [0.717, 1.165) is 58.6 Å². The summed E-state index contributed by atoms with van der Waals surface area (Å²) in [6.07, 6.45) is 1.33. The van der Waals surface area contributed by atoms with Crippen molar-refractivity contribution in [3.8, 4) is 5.75 Å². The third-order valence-electron chi connectivity index (χ3n) is 6.39. The van der Waals surface area contributed by atoms with Gasteiger partial charge in [-0.25, -0.2) is 9.97 Å². The van der Waals surface area contributed by atoms with Gasteiger partial charge in [0.2, 0.25) is 5.91 Å². The molecular formula is C27H30N4O3S. The maximum Gasteiger partial charge on any atom is 0.233 e. The summed E-state index contributed by atoms with van der Waals surface area (Å²) in [5.41, 5.74) is 3.18. The molecule has 0 N–H and O–H groups in total. The SMILES string of the molecule is COc1ccccc1Cc1nc2c(c(N3CCOCC3)n1)CN(C(=O)CSc1ccccc1)CC2. The molecule has 8 heteroatoms. The fourth-order valence-electron chi connectivity index (χ4n) is 4.55. The van der Waals surface area contributed by atoms with E-state index in [2.05, 4.69) is 11.0 Å². The monoisotopic (exact) mass is 490 g/mol. The molecule has 5 rings (SSSR count). The van der Waals surface area contributed by atoms with Crippen molar-refractivity contribution < 1.29 is 14.3 Å². The molecule has 35 heavy (non-hydrogen) atoms. The number of para-hydroxylation sites is 1. The van der Waals surface area contributed by atoms with Gasteiger partial charge >= 0.3 is 0 Å². The van der Waals surface area contributed by atoms with E-state index in [9.17, 15) is 4.79 Å². The first-order valence-corrected chi connectivity index (χ1v) is 13.0. The highest BCUT2D eigenvalue weighted by Crippen LogP contribution is 2.30. The van der Waals surface area contributed by atoms with Crippen LogP contribution in [0.3, 0.4) is 0 Å². The van der Waals surface area contributed by atoms with E-state index >= 15 is 0 Å². The molecule has 0 spiro atoms. The van der Waals surface area contributed by atoms with E-state index in [-0.39, 0.29) is 5.91 Å². The molecule has 3 aromatic rings. The van der Waals surface area contributed by atoms with Crippen LogP contribution in [0, 0.1) is 0 Å². The number of methoxy groups -OCH3 is 1. The van der Waals surface area contributed by atoms with Crippen LogP contribution in [-0.4, -0.2) is 66.5 Å². The number of nitrogens with zero attached hydrogens (tertiary/aromatic N) is 4. The number of ether oxygens (including phenoxy) is 2. The number of anilines is 1. The van der Waals surface area contributed by atoms with Crippen molar-refractivity contribution in [3.05, 3.63) is 77.2 Å². The zero-order valence-electron chi connectivity index (χ0n) is 20.0. The van der Waals surface area contributed by atoms with Crippen LogP contribution >= 0.6 is 11.8 Å². The van der Waals surface area contributed by atoms with E-state index in [4.69, 9.17) is 19.4 Å². The first kappa shape index (κ1) is 23.6. The third-order valence-corrected chi connectivity index (χ3v) is 7.39. The van der Waals surface area contributed by atoms with Gasteiger partial charge in [0.15, 0.2) is 0 Å². The molecule has 2 aliphatic rings. The van der Waals surface area contributed by atoms with Crippen molar-refractivity contribution in [1.29, 1.82) is 0 Å². The normalized spacial score (nSPS) is 15.6. The van der Waals surface area contributed by atoms with Crippen molar-refractivity contribution in [2.24, 2.45) is 0 Å². The van der Waals surface area contributed by atoms with Crippen molar-refractivity contribution in [3.63, 3.8) is 0 Å². The molecule has 0 unspecified atom stereocenters. The Bertz CT molecular complexity index is 1170. The van der Waals surface area contributed by atoms with Gasteiger partial charge in [0.1, 0.15) is 17.4 Å². The summed E-state index contributed by atoms with van der Waals surface area (Å²) in [5, 5.41) is 0. The van der Waals surface area contributed by atoms with Crippen LogP contribution < -0.4 is 9.64 Å². The molecule has 0 bridgehead atoms. The van der Waals surface area contributed by atoms with E-state index in [1.807, 2.05) is 53.4 Å². The second-order valence-electron chi connectivity index (χ2n) is 8.64. The number of aromatic nitrogens is 2. The molecule has 0 saturated carbocycles. The van der Waals surface area contributed by atoms with Crippen molar-refractivity contribution in [2.75, 3.05) is 50.6 Å². The molecule has 1 saturated heterocycles. The number of thioether (sulfide) groups is 1. The molecule has 1 amide bonds. The van der Waals surface area contributed by atoms with Gasteiger partial charge in [-0.3, -0.25) is 4.79 Å². The van der Waals surface area contributed by atoms with Gasteiger partial charge in [0.25, 0.3) is 0 Å². The van der Waals surface area contributed by atoms with Gasteiger partial charge in [0.05, 0.1) is 38.3 Å². The number of rotatable bonds is 7. The lowest BCUT2D eigenvalue weighted by Gasteiger charge is -2.34. The van der Waals surface area contributed by atoms with Gasteiger partial charge in [-0.05, 0) is 18.2 Å². The van der Waals surface area contributed by atoms with Gasteiger partial charge in [-0.2, -0.15) is 0 Å². The summed E-state index contributed by atoms with van der Waals surface area (Å²) in [5.74, 6) is 3.15. The summed E-state index contributed by atoms with van der Waals surface area (Å²) < 4.78 is 11.1. The number of carbonyl (C=O) groups is 1. The highest BCUT2D eigenvalue weighted by Gasteiger charge is 2.28. The minimum Gasteiger partial charge on any atom is -0.496 e. The molecule has 3 heterocycles. The standard InChI is InChI=1S/C27H30N4O3S/c1-33-24-10-6-5-7-20(24)17-25-28-23-11-12-31(26(32)19-35-21-8-3-2-4-9-21)18-22(23)27(29-25)30-13-15-34-16-14-30/h2-10H,11-19H2,1H3. The molecule has 0 atom stereocenters. The highest BCUT2D eigenvalue weighted by atomic mass is 32.2. The number of morpholine rings is 1. The van der Waals surface area contributed by atoms with Gasteiger partial charge in [-0.1, -0.05) is 36.4 Å². The van der Waals surface area contributed by atoms with Crippen molar-refractivity contribution >= 4 is 23.5 Å². The molecule has 0 radical (unpaired) electrons. The maximum absolute atomic E-state index is 13.1. The zero-order chi connectivity index (χ0) is 24.0. The van der Waals surface area contributed by atoms with Crippen LogP contribution in [0.5, 0.6) is 5.75 Å².